The van der Waals surface area contributed by atoms with Gasteiger partial charge in [0.2, 0.25) is 15.9 Å². The van der Waals surface area contributed by atoms with Gasteiger partial charge in [-0.15, -0.1) is 0 Å². The number of aryl methyl sites for hydroxylation is 1. The molecule has 1 N–H and O–H groups in total. The van der Waals surface area contributed by atoms with Gasteiger partial charge in [0.1, 0.15) is 4.90 Å². The topological polar surface area (TPSA) is 82.6 Å². The van der Waals surface area contributed by atoms with Gasteiger partial charge in [-0.25, -0.2) is 8.42 Å². The molecule has 1 aromatic heterocycles. The number of rotatable bonds is 6. The molecule has 1 amide bonds. The zero-order valence-corrected chi connectivity index (χ0v) is 17.9. The lowest BCUT2D eigenvalue weighted by Crippen LogP contribution is -2.50. The summed E-state index contributed by atoms with van der Waals surface area (Å²) in [6, 6.07) is 9.20. The molecule has 0 aliphatic carbocycles. The molecule has 1 aromatic carbocycles. The van der Waals surface area contributed by atoms with E-state index in [4.69, 9.17) is 0 Å². The molecule has 0 unspecified atom stereocenters. The molecule has 8 heteroatoms. The lowest BCUT2D eigenvalue weighted by molar-refractivity contribution is -0.117. The maximum absolute atomic E-state index is 12.7. The van der Waals surface area contributed by atoms with Crippen molar-refractivity contribution in [2.24, 2.45) is 0 Å². The van der Waals surface area contributed by atoms with E-state index in [1.54, 1.807) is 18.3 Å². The van der Waals surface area contributed by atoms with Gasteiger partial charge < -0.3 is 5.32 Å². The summed E-state index contributed by atoms with van der Waals surface area (Å²) in [5, 5.41) is 3.05. The van der Waals surface area contributed by atoms with Crippen LogP contribution in [0.5, 0.6) is 0 Å². The standard InChI is InChI=1S/C21H28N4O3S/c1-16(2)19-8-4-6-17(3)21(19)23-20(26)15-24-10-12-25(13-11-24)29(27,28)18-7-5-9-22-14-18/h4-9,14,16H,10-13,15H2,1-3H3,(H,23,26). The van der Waals surface area contributed by atoms with E-state index < -0.39 is 10.0 Å². The number of benzene rings is 1. The lowest BCUT2D eigenvalue weighted by Gasteiger charge is -2.33. The lowest BCUT2D eigenvalue weighted by atomic mass is 9.98. The maximum Gasteiger partial charge on any atom is 0.244 e. The first-order valence-electron chi connectivity index (χ1n) is 9.81. The Hall–Kier alpha value is -2.29. The molecule has 0 bridgehead atoms. The van der Waals surface area contributed by atoms with Crippen LogP contribution in [-0.4, -0.2) is 61.2 Å². The number of carbonyl (C=O) groups is 1. The summed E-state index contributed by atoms with van der Waals surface area (Å²) in [7, 11) is -3.54. The van der Waals surface area contributed by atoms with Crippen molar-refractivity contribution in [1.29, 1.82) is 0 Å². The van der Waals surface area contributed by atoms with Crippen LogP contribution in [-0.2, 0) is 14.8 Å². The van der Waals surface area contributed by atoms with Crippen LogP contribution in [0.2, 0.25) is 0 Å². The molecule has 0 spiro atoms. The van der Waals surface area contributed by atoms with Crippen LogP contribution in [0.15, 0.2) is 47.6 Å². The first kappa shape index (κ1) is 21.4. The number of piperazine rings is 1. The summed E-state index contributed by atoms with van der Waals surface area (Å²) in [5.74, 6) is 0.233. The zero-order valence-electron chi connectivity index (χ0n) is 17.1. The number of anilines is 1. The first-order chi connectivity index (χ1) is 13.8. The monoisotopic (exact) mass is 416 g/mol. The van der Waals surface area contributed by atoms with Gasteiger partial charge in [-0.05, 0) is 36.1 Å². The van der Waals surface area contributed by atoms with Gasteiger partial charge in [0.15, 0.2) is 0 Å². The SMILES string of the molecule is Cc1cccc(C(C)C)c1NC(=O)CN1CCN(S(=O)(=O)c2cccnc2)CC1. The van der Waals surface area contributed by atoms with Crippen molar-refractivity contribution >= 4 is 21.6 Å². The Morgan fingerprint density at radius 3 is 2.48 bits per heavy atom. The number of carbonyl (C=O) groups excluding carboxylic acids is 1. The van der Waals surface area contributed by atoms with Crippen molar-refractivity contribution in [3.05, 3.63) is 53.9 Å². The van der Waals surface area contributed by atoms with Gasteiger partial charge in [-0.3, -0.25) is 14.7 Å². The number of pyridine rings is 1. The Bertz CT molecular complexity index is 953. The number of hydrogen-bond acceptors (Lipinski definition) is 5. The minimum atomic E-state index is -3.54. The van der Waals surface area contributed by atoms with Crippen molar-refractivity contribution in [2.45, 2.75) is 31.6 Å². The van der Waals surface area contributed by atoms with Crippen LogP contribution in [0.25, 0.3) is 0 Å². The van der Waals surface area contributed by atoms with Crippen molar-refractivity contribution < 1.29 is 13.2 Å². The molecular weight excluding hydrogens is 388 g/mol. The number of sulfonamides is 1. The summed E-state index contributed by atoms with van der Waals surface area (Å²) in [5.41, 5.74) is 3.04. The number of nitrogens with one attached hydrogen (secondary N) is 1. The summed E-state index contributed by atoms with van der Waals surface area (Å²) < 4.78 is 26.8. The Labute approximate surface area is 172 Å². The second-order valence-electron chi connectivity index (χ2n) is 7.61. The van der Waals surface area contributed by atoms with E-state index in [-0.39, 0.29) is 17.3 Å². The van der Waals surface area contributed by atoms with E-state index in [0.29, 0.717) is 32.1 Å². The van der Waals surface area contributed by atoms with Gasteiger partial charge >= 0.3 is 0 Å². The largest absolute Gasteiger partial charge is 0.324 e. The minimum absolute atomic E-state index is 0.0789. The zero-order chi connectivity index (χ0) is 21.0. The number of aromatic nitrogens is 1. The minimum Gasteiger partial charge on any atom is -0.324 e. The Morgan fingerprint density at radius 1 is 1.14 bits per heavy atom. The van der Waals surface area contributed by atoms with Gasteiger partial charge in [-0.1, -0.05) is 32.0 Å². The van der Waals surface area contributed by atoms with E-state index in [0.717, 1.165) is 16.8 Å². The second kappa shape index (κ2) is 9.02. The average molecular weight is 417 g/mol. The summed E-state index contributed by atoms with van der Waals surface area (Å²) in [6.07, 6.45) is 2.92. The molecule has 0 atom stereocenters. The van der Waals surface area contributed by atoms with E-state index in [1.807, 2.05) is 30.0 Å². The quantitative estimate of drug-likeness (QED) is 0.782. The fraction of sp³-hybridized carbons (Fsp3) is 0.429. The van der Waals surface area contributed by atoms with Crippen LogP contribution in [0.1, 0.15) is 30.9 Å². The Balaban J connectivity index is 1.58. The van der Waals surface area contributed by atoms with Crippen molar-refractivity contribution in [3.63, 3.8) is 0 Å². The molecule has 0 saturated carbocycles. The van der Waals surface area contributed by atoms with E-state index in [2.05, 4.69) is 24.1 Å². The normalized spacial score (nSPS) is 16.1. The highest BCUT2D eigenvalue weighted by Crippen LogP contribution is 2.27. The molecule has 1 aliphatic heterocycles. The predicted molar refractivity (Wildman–Crippen MR) is 113 cm³/mol. The fourth-order valence-corrected chi connectivity index (χ4v) is 4.89. The van der Waals surface area contributed by atoms with Gasteiger partial charge in [-0.2, -0.15) is 4.31 Å². The number of amides is 1. The molecule has 2 aromatic rings. The summed E-state index contributed by atoms with van der Waals surface area (Å²) >= 11 is 0. The molecule has 29 heavy (non-hydrogen) atoms. The summed E-state index contributed by atoms with van der Waals surface area (Å²) in [6.45, 7) is 8.17. The third-order valence-electron chi connectivity index (χ3n) is 5.16. The Kier molecular flexibility index (Phi) is 6.66. The molecule has 1 fully saturated rings. The molecule has 0 radical (unpaired) electrons. The van der Waals surface area contributed by atoms with Crippen LogP contribution in [0.3, 0.4) is 0 Å². The highest BCUT2D eigenvalue weighted by molar-refractivity contribution is 7.89. The van der Waals surface area contributed by atoms with Crippen LogP contribution >= 0.6 is 0 Å². The smallest absolute Gasteiger partial charge is 0.244 e. The van der Waals surface area contributed by atoms with Crippen molar-refractivity contribution in [3.8, 4) is 0 Å². The second-order valence-corrected chi connectivity index (χ2v) is 9.55. The van der Waals surface area contributed by atoms with Gasteiger partial charge in [0.25, 0.3) is 0 Å². The third-order valence-corrected chi connectivity index (χ3v) is 7.04. The van der Waals surface area contributed by atoms with Gasteiger partial charge in [0, 0.05) is 44.3 Å². The van der Waals surface area contributed by atoms with Gasteiger partial charge in [0.05, 0.1) is 6.54 Å². The van der Waals surface area contributed by atoms with E-state index in [9.17, 15) is 13.2 Å². The fourth-order valence-electron chi connectivity index (χ4n) is 3.50. The van der Waals surface area contributed by atoms with E-state index in [1.165, 1.54) is 10.5 Å². The molecule has 7 nitrogen and oxygen atoms in total. The average Bonchev–Trinajstić information content (AvgIpc) is 2.70. The molecule has 156 valence electrons. The van der Waals surface area contributed by atoms with Crippen LogP contribution in [0.4, 0.5) is 5.69 Å². The number of nitrogens with zero attached hydrogens (tertiary/aromatic N) is 3. The van der Waals surface area contributed by atoms with Crippen molar-refractivity contribution in [1.82, 2.24) is 14.2 Å². The molecule has 3 rings (SSSR count). The predicted octanol–water partition coefficient (Wildman–Crippen LogP) is 2.46. The van der Waals surface area contributed by atoms with Crippen molar-refractivity contribution in [2.75, 3.05) is 38.0 Å². The highest BCUT2D eigenvalue weighted by Gasteiger charge is 2.29. The van der Waals surface area contributed by atoms with Crippen LogP contribution in [0, 0.1) is 6.92 Å². The first-order valence-corrected chi connectivity index (χ1v) is 11.2. The third kappa shape index (κ3) is 5.01. The molecule has 2 heterocycles. The maximum atomic E-state index is 12.7. The molecule has 1 aliphatic rings. The molecular formula is C21H28N4O3S. The Morgan fingerprint density at radius 2 is 1.86 bits per heavy atom. The molecule has 1 saturated heterocycles. The van der Waals surface area contributed by atoms with E-state index >= 15 is 0 Å². The summed E-state index contributed by atoms with van der Waals surface area (Å²) in [4.78, 5) is 18.7. The highest BCUT2D eigenvalue weighted by atomic mass is 32.2. The number of hydrogen-bond donors (Lipinski definition) is 1. The number of para-hydroxylation sites is 1. The van der Waals surface area contributed by atoms with Crippen LogP contribution < -0.4 is 5.32 Å².